The summed E-state index contributed by atoms with van der Waals surface area (Å²) in [7, 11) is 0. The first-order valence-corrected chi connectivity index (χ1v) is 6.76. The van der Waals surface area contributed by atoms with E-state index in [2.05, 4.69) is 18.7 Å². The third-order valence-electron chi connectivity index (χ3n) is 2.83. The zero-order valence-electron chi connectivity index (χ0n) is 8.80. The second kappa shape index (κ2) is 6.72. The van der Waals surface area contributed by atoms with Gasteiger partial charge in [-0.25, -0.2) is 0 Å². The van der Waals surface area contributed by atoms with Crippen LogP contribution in [0.25, 0.3) is 0 Å². The van der Waals surface area contributed by atoms with Gasteiger partial charge in [-0.15, -0.1) is 0 Å². The maximum absolute atomic E-state index is 6.14. The molecule has 2 N–H and O–H groups in total. The summed E-state index contributed by atoms with van der Waals surface area (Å²) in [6.07, 6.45) is 9.43. The predicted octanol–water partition coefficient (Wildman–Crippen LogP) is 3.18. The van der Waals surface area contributed by atoms with Crippen LogP contribution in [0.4, 0.5) is 0 Å². The first-order chi connectivity index (χ1) is 6.34. The normalized spacial score (nSPS) is 30.0. The van der Waals surface area contributed by atoms with Crippen molar-refractivity contribution in [2.75, 3.05) is 5.75 Å². The second-order valence-electron chi connectivity index (χ2n) is 4.06. The van der Waals surface area contributed by atoms with E-state index in [4.69, 9.17) is 5.73 Å². The quantitative estimate of drug-likeness (QED) is 0.558. The van der Waals surface area contributed by atoms with Gasteiger partial charge in [0.25, 0.3) is 0 Å². The number of rotatable bonds is 4. The van der Waals surface area contributed by atoms with Crippen LogP contribution >= 0.6 is 11.8 Å². The Labute approximate surface area is 86.8 Å². The molecule has 0 heterocycles. The molecule has 0 aromatic heterocycles. The fraction of sp³-hybridized carbons (Fsp3) is 1.00. The highest BCUT2D eigenvalue weighted by atomic mass is 32.2. The van der Waals surface area contributed by atoms with Gasteiger partial charge < -0.3 is 5.73 Å². The second-order valence-corrected chi connectivity index (χ2v) is 5.41. The molecule has 78 valence electrons. The molecule has 13 heavy (non-hydrogen) atoms. The molecule has 1 rings (SSSR count). The van der Waals surface area contributed by atoms with Crippen LogP contribution in [0.3, 0.4) is 0 Å². The molecule has 0 aliphatic heterocycles. The van der Waals surface area contributed by atoms with Gasteiger partial charge in [0.1, 0.15) is 0 Å². The third kappa shape index (κ3) is 4.37. The van der Waals surface area contributed by atoms with E-state index in [0.717, 1.165) is 5.25 Å². The maximum atomic E-state index is 6.14. The Kier molecular flexibility index (Phi) is 5.88. The van der Waals surface area contributed by atoms with E-state index in [1.54, 1.807) is 0 Å². The Balaban J connectivity index is 2.19. The summed E-state index contributed by atoms with van der Waals surface area (Å²) in [5.41, 5.74) is 6.14. The average Bonchev–Trinajstić information content (AvgIpc) is 2.32. The standard InChI is InChI=1S/C11H23NS/c1-2-3-9-13-11-8-6-4-5-7-10(11)12/h10-11H,2-9,12H2,1H3. The molecule has 0 spiro atoms. The van der Waals surface area contributed by atoms with Crippen LogP contribution < -0.4 is 5.73 Å². The Morgan fingerprint density at radius 2 is 2.00 bits per heavy atom. The number of unbranched alkanes of at least 4 members (excludes halogenated alkanes) is 1. The molecule has 0 radical (unpaired) electrons. The van der Waals surface area contributed by atoms with Crippen molar-refractivity contribution in [2.45, 2.75) is 63.2 Å². The topological polar surface area (TPSA) is 26.0 Å². The molecule has 1 aliphatic rings. The van der Waals surface area contributed by atoms with Crippen LogP contribution in [-0.2, 0) is 0 Å². The summed E-state index contributed by atoms with van der Waals surface area (Å²) in [4.78, 5) is 0. The van der Waals surface area contributed by atoms with Crippen molar-refractivity contribution >= 4 is 11.8 Å². The van der Waals surface area contributed by atoms with Crippen molar-refractivity contribution in [1.29, 1.82) is 0 Å². The minimum Gasteiger partial charge on any atom is -0.327 e. The van der Waals surface area contributed by atoms with Crippen LogP contribution in [0.2, 0.25) is 0 Å². The van der Waals surface area contributed by atoms with Crippen molar-refractivity contribution in [3.63, 3.8) is 0 Å². The SMILES string of the molecule is CCCCSC1CCCCCC1N. The summed E-state index contributed by atoms with van der Waals surface area (Å²) in [6, 6.07) is 0.476. The molecule has 0 amide bonds. The van der Waals surface area contributed by atoms with Crippen molar-refractivity contribution in [2.24, 2.45) is 5.73 Å². The highest BCUT2D eigenvalue weighted by Crippen LogP contribution is 2.27. The summed E-state index contributed by atoms with van der Waals surface area (Å²) in [5.74, 6) is 1.31. The Bertz CT molecular complexity index is 127. The molecule has 2 unspecified atom stereocenters. The smallest absolute Gasteiger partial charge is 0.0199 e. The van der Waals surface area contributed by atoms with Gasteiger partial charge in [0, 0.05) is 11.3 Å². The van der Waals surface area contributed by atoms with Gasteiger partial charge in [0.2, 0.25) is 0 Å². The first-order valence-electron chi connectivity index (χ1n) is 5.71. The molecular formula is C11H23NS. The Morgan fingerprint density at radius 1 is 1.23 bits per heavy atom. The highest BCUT2D eigenvalue weighted by Gasteiger charge is 2.19. The number of thioether (sulfide) groups is 1. The summed E-state index contributed by atoms with van der Waals surface area (Å²) >= 11 is 2.12. The van der Waals surface area contributed by atoms with Crippen molar-refractivity contribution in [3.8, 4) is 0 Å². The third-order valence-corrected chi connectivity index (χ3v) is 4.37. The molecule has 1 saturated carbocycles. The van der Waals surface area contributed by atoms with Gasteiger partial charge in [0.15, 0.2) is 0 Å². The lowest BCUT2D eigenvalue weighted by Gasteiger charge is -2.20. The van der Waals surface area contributed by atoms with Crippen LogP contribution in [0.1, 0.15) is 51.9 Å². The van der Waals surface area contributed by atoms with E-state index in [1.165, 1.54) is 50.7 Å². The molecule has 2 atom stereocenters. The molecule has 0 aromatic carbocycles. The minimum absolute atomic E-state index is 0.476. The molecule has 1 fully saturated rings. The highest BCUT2D eigenvalue weighted by molar-refractivity contribution is 7.99. The molecule has 0 bridgehead atoms. The van der Waals surface area contributed by atoms with E-state index in [0.29, 0.717) is 6.04 Å². The summed E-state index contributed by atoms with van der Waals surface area (Å²) in [6.45, 7) is 2.26. The minimum atomic E-state index is 0.476. The van der Waals surface area contributed by atoms with E-state index in [9.17, 15) is 0 Å². The van der Waals surface area contributed by atoms with Gasteiger partial charge >= 0.3 is 0 Å². The molecule has 1 nitrogen and oxygen atoms in total. The monoisotopic (exact) mass is 201 g/mol. The maximum Gasteiger partial charge on any atom is 0.0199 e. The number of hydrogen-bond acceptors (Lipinski definition) is 2. The number of hydrogen-bond donors (Lipinski definition) is 1. The van der Waals surface area contributed by atoms with Gasteiger partial charge in [-0.2, -0.15) is 11.8 Å². The fourth-order valence-corrected chi connectivity index (χ4v) is 3.36. The van der Waals surface area contributed by atoms with Crippen LogP contribution in [0, 0.1) is 0 Å². The predicted molar refractivity (Wildman–Crippen MR) is 62.2 cm³/mol. The van der Waals surface area contributed by atoms with Gasteiger partial charge in [0.05, 0.1) is 0 Å². The van der Waals surface area contributed by atoms with Gasteiger partial charge in [-0.3, -0.25) is 0 Å². The van der Waals surface area contributed by atoms with Gasteiger partial charge in [-0.1, -0.05) is 32.6 Å². The van der Waals surface area contributed by atoms with E-state index >= 15 is 0 Å². The summed E-state index contributed by atoms with van der Waals surface area (Å²) < 4.78 is 0. The van der Waals surface area contributed by atoms with E-state index < -0.39 is 0 Å². The Morgan fingerprint density at radius 3 is 2.77 bits per heavy atom. The molecule has 2 heteroatoms. The lowest BCUT2D eigenvalue weighted by atomic mass is 10.1. The molecule has 0 aromatic rings. The fourth-order valence-electron chi connectivity index (χ4n) is 1.89. The van der Waals surface area contributed by atoms with Gasteiger partial charge in [-0.05, 0) is 25.0 Å². The zero-order valence-corrected chi connectivity index (χ0v) is 9.61. The zero-order chi connectivity index (χ0) is 9.52. The molecular weight excluding hydrogens is 178 g/mol. The average molecular weight is 201 g/mol. The van der Waals surface area contributed by atoms with Crippen molar-refractivity contribution in [3.05, 3.63) is 0 Å². The van der Waals surface area contributed by atoms with Crippen LogP contribution in [-0.4, -0.2) is 17.0 Å². The molecule has 0 saturated heterocycles. The van der Waals surface area contributed by atoms with E-state index in [1.807, 2.05) is 0 Å². The lowest BCUT2D eigenvalue weighted by molar-refractivity contribution is 0.596. The van der Waals surface area contributed by atoms with Crippen LogP contribution in [0.5, 0.6) is 0 Å². The largest absolute Gasteiger partial charge is 0.327 e. The Hall–Kier alpha value is 0.310. The van der Waals surface area contributed by atoms with E-state index in [-0.39, 0.29) is 0 Å². The lowest BCUT2D eigenvalue weighted by Crippen LogP contribution is -2.31. The number of nitrogens with two attached hydrogens (primary N) is 1. The van der Waals surface area contributed by atoms with Crippen molar-refractivity contribution in [1.82, 2.24) is 0 Å². The summed E-state index contributed by atoms with van der Waals surface area (Å²) in [5, 5.41) is 0.758. The molecule has 1 aliphatic carbocycles. The van der Waals surface area contributed by atoms with Crippen LogP contribution in [0.15, 0.2) is 0 Å². The first kappa shape index (κ1) is 11.4. The van der Waals surface area contributed by atoms with Crippen molar-refractivity contribution < 1.29 is 0 Å².